The summed E-state index contributed by atoms with van der Waals surface area (Å²) in [6.45, 7) is 1.98. The highest BCUT2D eigenvalue weighted by molar-refractivity contribution is 7.86. The number of carbonyl (C=O) groups is 1. The molecule has 0 aliphatic carbocycles. The Kier molecular flexibility index (Phi) is 7.32. The number of hydrogen-bond donors (Lipinski definition) is 2. The molecule has 15 heavy (non-hydrogen) atoms. The zero-order valence-electron chi connectivity index (χ0n) is 7.78. The summed E-state index contributed by atoms with van der Waals surface area (Å²) < 4.78 is 57.5. The van der Waals surface area contributed by atoms with Crippen molar-refractivity contribution in [2.45, 2.75) is 31.7 Å². The molecule has 0 spiro atoms. The topological polar surface area (TPSA) is 91.7 Å². The minimum absolute atomic E-state index is 0.316. The van der Waals surface area contributed by atoms with Crippen molar-refractivity contribution >= 4 is 16.1 Å². The number of unbranched alkanes of at least 4 members (excludes halogenated alkanes) is 1. The van der Waals surface area contributed by atoms with E-state index >= 15 is 0 Å². The van der Waals surface area contributed by atoms with E-state index in [1.54, 1.807) is 0 Å². The van der Waals surface area contributed by atoms with Gasteiger partial charge in [0.2, 0.25) is 0 Å². The lowest BCUT2D eigenvalue weighted by Gasteiger charge is -1.97. The molecule has 0 atom stereocenters. The molecule has 0 radical (unpaired) electrons. The quantitative estimate of drug-likeness (QED) is 0.588. The van der Waals surface area contributed by atoms with Crippen molar-refractivity contribution in [2.24, 2.45) is 0 Å². The molecule has 0 aliphatic heterocycles. The third kappa shape index (κ3) is 11.1. The van der Waals surface area contributed by atoms with Crippen molar-refractivity contribution in [2.75, 3.05) is 0 Å². The molecule has 0 fully saturated rings. The van der Waals surface area contributed by atoms with Crippen molar-refractivity contribution in [3.05, 3.63) is 0 Å². The fourth-order valence-electron chi connectivity index (χ4n) is 0.328. The second kappa shape index (κ2) is 6.62. The fraction of sp³-hybridized carbons (Fsp3) is 0.833. The summed E-state index contributed by atoms with van der Waals surface area (Å²) in [5.41, 5.74) is -5.53. The molecule has 0 heterocycles. The lowest BCUT2D eigenvalue weighted by atomic mass is 10.3. The molecule has 5 nitrogen and oxygen atoms in total. The van der Waals surface area contributed by atoms with Crippen LogP contribution < -0.4 is 0 Å². The van der Waals surface area contributed by atoms with E-state index in [1.165, 1.54) is 0 Å². The molecule has 0 saturated heterocycles. The predicted octanol–water partition coefficient (Wildman–Crippen LogP) is 1.66. The van der Waals surface area contributed by atoms with Crippen LogP contribution in [0, 0.1) is 0 Å². The lowest BCUT2D eigenvalue weighted by Crippen LogP contribution is -2.21. The number of hydrogen-bond acceptors (Lipinski definition) is 3. The first kappa shape index (κ1) is 16.6. The first-order valence-corrected chi connectivity index (χ1v) is 5.22. The molecule has 2 N–H and O–H groups in total. The third-order valence-corrected chi connectivity index (χ3v) is 1.62. The van der Waals surface area contributed by atoms with Crippen LogP contribution in [0.3, 0.4) is 0 Å². The Morgan fingerprint density at radius 3 is 1.73 bits per heavy atom. The van der Waals surface area contributed by atoms with Crippen LogP contribution in [-0.4, -0.2) is 29.6 Å². The molecule has 0 aromatic rings. The van der Waals surface area contributed by atoms with Crippen molar-refractivity contribution in [3.8, 4) is 0 Å². The number of alkyl halides is 3. The van der Waals surface area contributed by atoms with E-state index in [0.29, 0.717) is 6.42 Å². The van der Waals surface area contributed by atoms with Gasteiger partial charge in [0.1, 0.15) is 0 Å². The summed E-state index contributed by atoms with van der Waals surface area (Å²) in [5.74, 6) is -0.693. The van der Waals surface area contributed by atoms with Gasteiger partial charge in [0, 0.05) is 6.42 Å². The molecule has 0 saturated carbocycles. The second-order valence-corrected chi connectivity index (χ2v) is 3.83. The van der Waals surface area contributed by atoms with E-state index in [2.05, 4.69) is 0 Å². The molecular weight excluding hydrogens is 241 g/mol. The van der Waals surface area contributed by atoms with Gasteiger partial charge in [0.05, 0.1) is 0 Å². The predicted molar refractivity (Wildman–Crippen MR) is 44.8 cm³/mol. The van der Waals surface area contributed by atoms with E-state index in [-0.39, 0.29) is 0 Å². The van der Waals surface area contributed by atoms with Crippen molar-refractivity contribution in [1.82, 2.24) is 0 Å². The van der Waals surface area contributed by atoms with Gasteiger partial charge in [0.15, 0.2) is 0 Å². The molecule has 92 valence electrons. The fourth-order valence-corrected chi connectivity index (χ4v) is 0.328. The molecule has 0 rings (SSSR count). The van der Waals surface area contributed by atoms with Crippen molar-refractivity contribution < 1.29 is 36.0 Å². The number of carboxylic acid groups (broad SMARTS) is 1. The molecule has 0 aromatic heterocycles. The van der Waals surface area contributed by atoms with Gasteiger partial charge in [-0.15, -0.1) is 0 Å². The minimum Gasteiger partial charge on any atom is -0.481 e. The lowest BCUT2D eigenvalue weighted by molar-refractivity contribution is -0.137. The number of aliphatic carboxylic acids is 1. The standard InChI is InChI=1S/C5H10O2.CHF3O3S/c1-2-3-4-5(6)7;2-1(3,4)8(5,6)7/h2-4H2,1H3,(H,6,7);(H,5,6,7). The molecular formula is C6H11F3O5S. The van der Waals surface area contributed by atoms with Gasteiger partial charge in [-0.05, 0) is 6.42 Å². The maximum atomic E-state index is 10.7. The summed E-state index contributed by atoms with van der Waals surface area (Å²) in [6, 6.07) is 0. The van der Waals surface area contributed by atoms with Crippen LogP contribution in [0.15, 0.2) is 0 Å². The minimum atomic E-state index is -5.84. The maximum Gasteiger partial charge on any atom is 0.522 e. The first-order valence-electron chi connectivity index (χ1n) is 3.78. The van der Waals surface area contributed by atoms with Gasteiger partial charge < -0.3 is 5.11 Å². The van der Waals surface area contributed by atoms with Crippen LogP contribution in [0.2, 0.25) is 0 Å². The SMILES string of the molecule is CCCCC(=O)O.O=S(=O)(O)C(F)(F)F. The normalized spacial score (nSPS) is 11.5. The van der Waals surface area contributed by atoms with E-state index in [0.717, 1.165) is 12.8 Å². The first-order chi connectivity index (χ1) is 6.52. The molecule has 0 bridgehead atoms. The Labute approximate surface area is 84.7 Å². The number of carboxylic acids is 1. The van der Waals surface area contributed by atoms with Gasteiger partial charge in [-0.3, -0.25) is 9.35 Å². The zero-order chi connectivity index (χ0) is 12.7. The van der Waals surface area contributed by atoms with Crippen molar-refractivity contribution in [1.29, 1.82) is 0 Å². The molecule has 0 aromatic carbocycles. The average molecular weight is 252 g/mol. The summed E-state index contributed by atoms with van der Waals surface area (Å²) in [6.07, 6.45) is 2.08. The second-order valence-electron chi connectivity index (χ2n) is 2.42. The Morgan fingerprint density at radius 1 is 1.33 bits per heavy atom. The largest absolute Gasteiger partial charge is 0.522 e. The molecule has 9 heteroatoms. The molecule has 0 aliphatic rings. The number of halogens is 3. The van der Waals surface area contributed by atoms with Gasteiger partial charge in [-0.2, -0.15) is 21.6 Å². The number of rotatable bonds is 3. The summed E-state index contributed by atoms with van der Waals surface area (Å²) in [7, 11) is -5.84. The van der Waals surface area contributed by atoms with Gasteiger partial charge in [-0.25, -0.2) is 0 Å². The highest BCUT2D eigenvalue weighted by atomic mass is 32.2. The molecule has 0 unspecified atom stereocenters. The summed E-state index contributed by atoms with van der Waals surface area (Å²) in [4.78, 5) is 9.76. The smallest absolute Gasteiger partial charge is 0.481 e. The third-order valence-electron chi connectivity index (χ3n) is 1.04. The van der Waals surface area contributed by atoms with E-state index in [4.69, 9.17) is 18.1 Å². The maximum absolute atomic E-state index is 10.7. The molecule has 0 amide bonds. The summed E-state index contributed by atoms with van der Waals surface area (Å²) >= 11 is 0. The Morgan fingerprint density at radius 2 is 1.67 bits per heavy atom. The van der Waals surface area contributed by atoms with Crippen LogP contribution in [-0.2, 0) is 14.9 Å². The van der Waals surface area contributed by atoms with E-state index in [9.17, 15) is 18.0 Å². The Bertz CT molecular complexity index is 282. The van der Waals surface area contributed by atoms with Crippen molar-refractivity contribution in [3.63, 3.8) is 0 Å². The summed E-state index contributed by atoms with van der Waals surface area (Å²) in [5, 5.41) is 8.04. The van der Waals surface area contributed by atoms with Crippen LogP contribution in [0.1, 0.15) is 26.2 Å². The van der Waals surface area contributed by atoms with Crippen LogP contribution >= 0.6 is 0 Å². The Hall–Kier alpha value is -0.830. The van der Waals surface area contributed by atoms with Crippen LogP contribution in [0.4, 0.5) is 13.2 Å². The Balaban J connectivity index is 0. The zero-order valence-corrected chi connectivity index (χ0v) is 8.60. The van der Waals surface area contributed by atoms with Crippen LogP contribution in [0.5, 0.6) is 0 Å². The highest BCUT2D eigenvalue weighted by Crippen LogP contribution is 2.20. The van der Waals surface area contributed by atoms with Gasteiger partial charge >= 0.3 is 21.6 Å². The van der Waals surface area contributed by atoms with E-state index in [1.807, 2.05) is 6.92 Å². The van der Waals surface area contributed by atoms with Gasteiger partial charge in [0.25, 0.3) is 0 Å². The highest BCUT2D eigenvalue weighted by Gasteiger charge is 2.44. The van der Waals surface area contributed by atoms with Gasteiger partial charge in [-0.1, -0.05) is 13.3 Å². The monoisotopic (exact) mass is 252 g/mol. The van der Waals surface area contributed by atoms with Crippen LogP contribution in [0.25, 0.3) is 0 Å². The van der Waals surface area contributed by atoms with E-state index < -0.39 is 21.6 Å². The average Bonchev–Trinajstić information content (AvgIpc) is 1.98.